The van der Waals surface area contributed by atoms with Gasteiger partial charge in [-0.2, -0.15) is 9.40 Å². The number of hydrogen-bond acceptors (Lipinski definition) is 7. The van der Waals surface area contributed by atoms with E-state index < -0.39 is 10.0 Å². The number of aryl methyl sites for hydroxylation is 1. The number of nitrogens with zero attached hydrogens (tertiary/aromatic N) is 6. The second kappa shape index (κ2) is 9.24. The van der Waals surface area contributed by atoms with Gasteiger partial charge in [0, 0.05) is 69.1 Å². The molecule has 1 N–H and O–H groups in total. The van der Waals surface area contributed by atoms with Gasteiger partial charge in [-0.05, 0) is 48.4 Å². The SMILES string of the molecule is Cn1cc(-c2ccc3c(c2)-c2c(ncnc2NC2CCC(N4CCN(S(C)(=O)=O)CC4)CC2)C3)cn1. The van der Waals surface area contributed by atoms with E-state index in [0.717, 1.165) is 73.4 Å². The van der Waals surface area contributed by atoms with Gasteiger partial charge in [0.25, 0.3) is 0 Å². The first kappa shape index (κ1) is 23.6. The number of sulfonamides is 1. The van der Waals surface area contributed by atoms with E-state index in [-0.39, 0.29) is 0 Å². The van der Waals surface area contributed by atoms with Crippen LogP contribution in [0, 0.1) is 0 Å². The number of aromatic nitrogens is 4. The van der Waals surface area contributed by atoms with Crippen LogP contribution >= 0.6 is 0 Å². The number of nitrogens with one attached hydrogen (secondary N) is 1. The van der Waals surface area contributed by atoms with Gasteiger partial charge in [0.2, 0.25) is 10.0 Å². The summed E-state index contributed by atoms with van der Waals surface area (Å²) in [6, 6.07) is 7.53. The predicted octanol–water partition coefficient (Wildman–Crippen LogP) is 2.75. The van der Waals surface area contributed by atoms with Crippen molar-refractivity contribution >= 4 is 15.8 Å². The largest absolute Gasteiger partial charge is 0.367 e. The zero-order chi connectivity index (χ0) is 24.9. The molecule has 0 atom stereocenters. The van der Waals surface area contributed by atoms with E-state index >= 15 is 0 Å². The summed E-state index contributed by atoms with van der Waals surface area (Å²) in [6.45, 7) is 2.85. The van der Waals surface area contributed by atoms with Gasteiger partial charge in [0.05, 0.1) is 18.1 Å². The standard InChI is InChI=1S/C26H33N7O2S/c1-31-16-20(15-29-31)18-3-4-19-14-24-25(23(19)13-18)26(28-17-27-24)30-21-5-7-22(8-6-21)32-9-11-33(12-10-32)36(2,34)35/h3-4,13,15-17,21-22H,5-12,14H2,1-2H3,(H,27,28,30). The van der Waals surface area contributed by atoms with Gasteiger partial charge in [-0.3, -0.25) is 9.58 Å². The van der Waals surface area contributed by atoms with Gasteiger partial charge in [0.15, 0.2) is 0 Å². The van der Waals surface area contributed by atoms with Crippen LogP contribution in [0.2, 0.25) is 0 Å². The summed E-state index contributed by atoms with van der Waals surface area (Å²) in [5.41, 5.74) is 6.99. The summed E-state index contributed by atoms with van der Waals surface area (Å²) in [4.78, 5) is 11.8. The number of rotatable bonds is 5. The van der Waals surface area contributed by atoms with E-state index in [1.54, 1.807) is 10.6 Å². The van der Waals surface area contributed by atoms with Crippen LogP contribution in [-0.2, 0) is 23.5 Å². The molecule has 36 heavy (non-hydrogen) atoms. The fourth-order valence-electron chi connectivity index (χ4n) is 6.02. The second-order valence-electron chi connectivity index (χ2n) is 10.3. The van der Waals surface area contributed by atoms with E-state index in [4.69, 9.17) is 0 Å². The second-order valence-corrected chi connectivity index (χ2v) is 12.3. The minimum Gasteiger partial charge on any atom is -0.367 e. The number of piperazine rings is 1. The number of benzene rings is 1. The molecule has 3 aliphatic rings. The van der Waals surface area contributed by atoms with Gasteiger partial charge < -0.3 is 5.32 Å². The van der Waals surface area contributed by atoms with Crippen LogP contribution in [0.5, 0.6) is 0 Å². The quantitative estimate of drug-likeness (QED) is 0.444. The molecule has 10 heteroatoms. The van der Waals surface area contributed by atoms with Gasteiger partial charge >= 0.3 is 0 Å². The van der Waals surface area contributed by atoms with Crippen LogP contribution in [0.25, 0.3) is 22.3 Å². The Morgan fingerprint density at radius 1 is 1.00 bits per heavy atom. The molecular formula is C26H33N7O2S. The monoisotopic (exact) mass is 507 g/mol. The number of fused-ring (bicyclic) bond motifs is 3. The number of anilines is 1. The lowest BCUT2D eigenvalue weighted by Gasteiger charge is -2.41. The summed E-state index contributed by atoms with van der Waals surface area (Å²) in [7, 11) is -1.15. The Morgan fingerprint density at radius 3 is 2.47 bits per heavy atom. The highest BCUT2D eigenvalue weighted by Gasteiger charge is 2.32. The fourth-order valence-corrected chi connectivity index (χ4v) is 6.85. The van der Waals surface area contributed by atoms with Crippen molar-refractivity contribution in [1.82, 2.24) is 29.0 Å². The molecule has 2 fully saturated rings. The molecular weight excluding hydrogens is 474 g/mol. The molecule has 190 valence electrons. The smallest absolute Gasteiger partial charge is 0.211 e. The first-order chi connectivity index (χ1) is 17.3. The van der Waals surface area contributed by atoms with Crippen molar-refractivity contribution in [3.63, 3.8) is 0 Å². The molecule has 2 aromatic heterocycles. The van der Waals surface area contributed by atoms with Crippen molar-refractivity contribution in [1.29, 1.82) is 0 Å². The first-order valence-corrected chi connectivity index (χ1v) is 14.6. The third-order valence-electron chi connectivity index (χ3n) is 8.00. The van der Waals surface area contributed by atoms with E-state index in [9.17, 15) is 8.42 Å². The first-order valence-electron chi connectivity index (χ1n) is 12.8. The zero-order valence-corrected chi connectivity index (χ0v) is 21.7. The van der Waals surface area contributed by atoms with Crippen LogP contribution in [0.3, 0.4) is 0 Å². The molecule has 1 aliphatic heterocycles. The van der Waals surface area contributed by atoms with Crippen molar-refractivity contribution in [2.45, 2.75) is 44.2 Å². The molecule has 0 spiro atoms. The summed E-state index contributed by atoms with van der Waals surface area (Å²) >= 11 is 0. The van der Waals surface area contributed by atoms with Crippen LogP contribution < -0.4 is 5.32 Å². The van der Waals surface area contributed by atoms with E-state index in [1.165, 1.54) is 17.4 Å². The molecule has 9 nitrogen and oxygen atoms in total. The van der Waals surface area contributed by atoms with E-state index in [1.807, 2.05) is 24.1 Å². The molecule has 1 aromatic carbocycles. The Hall–Kier alpha value is -2.82. The summed E-state index contributed by atoms with van der Waals surface area (Å²) in [6.07, 6.45) is 12.2. The Balaban J connectivity index is 1.14. The summed E-state index contributed by atoms with van der Waals surface area (Å²) in [5, 5.41) is 8.09. The highest BCUT2D eigenvalue weighted by Crippen LogP contribution is 2.42. The minimum atomic E-state index is -3.09. The highest BCUT2D eigenvalue weighted by atomic mass is 32.2. The van der Waals surface area contributed by atoms with Crippen LogP contribution in [0.4, 0.5) is 5.82 Å². The van der Waals surface area contributed by atoms with Crippen molar-refractivity contribution in [2.75, 3.05) is 37.8 Å². The van der Waals surface area contributed by atoms with Gasteiger partial charge in [-0.15, -0.1) is 0 Å². The molecule has 1 saturated heterocycles. The minimum absolute atomic E-state index is 0.378. The summed E-state index contributed by atoms with van der Waals surface area (Å²) < 4.78 is 27.1. The Labute approximate surface area is 212 Å². The number of hydrogen-bond donors (Lipinski definition) is 1. The normalized spacial score (nSPS) is 22.8. The van der Waals surface area contributed by atoms with E-state index in [2.05, 4.69) is 43.5 Å². The maximum absolute atomic E-state index is 11.8. The molecule has 0 amide bonds. The predicted molar refractivity (Wildman–Crippen MR) is 140 cm³/mol. The molecule has 2 aliphatic carbocycles. The zero-order valence-electron chi connectivity index (χ0n) is 20.9. The molecule has 3 aromatic rings. The summed E-state index contributed by atoms with van der Waals surface area (Å²) in [5.74, 6) is 0.937. The van der Waals surface area contributed by atoms with Crippen molar-refractivity contribution in [3.05, 3.63) is 48.2 Å². The Bertz CT molecular complexity index is 1370. The lowest BCUT2D eigenvalue weighted by molar-refractivity contribution is 0.109. The molecule has 0 unspecified atom stereocenters. The lowest BCUT2D eigenvalue weighted by Crippen LogP contribution is -2.52. The van der Waals surface area contributed by atoms with Crippen LogP contribution in [0.15, 0.2) is 36.9 Å². The molecule has 3 heterocycles. The van der Waals surface area contributed by atoms with Crippen LogP contribution in [-0.4, -0.2) is 81.9 Å². The molecule has 1 saturated carbocycles. The Kier molecular flexibility index (Phi) is 6.05. The van der Waals surface area contributed by atoms with Crippen molar-refractivity contribution in [2.24, 2.45) is 7.05 Å². The maximum atomic E-state index is 11.8. The topological polar surface area (TPSA) is 96.3 Å². The van der Waals surface area contributed by atoms with Crippen LogP contribution in [0.1, 0.15) is 36.9 Å². The molecule has 6 rings (SSSR count). The maximum Gasteiger partial charge on any atom is 0.211 e. The average molecular weight is 508 g/mol. The molecule has 0 bridgehead atoms. The van der Waals surface area contributed by atoms with Crippen molar-refractivity contribution < 1.29 is 8.42 Å². The average Bonchev–Trinajstić information content (AvgIpc) is 3.47. The van der Waals surface area contributed by atoms with Gasteiger partial charge in [0.1, 0.15) is 12.1 Å². The van der Waals surface area contributed by atoms with Crippen molar-refractivity contribution in [3.8, 4) is 22.3 Å². The van der Waals surface area contributed by atoms with E-state index in [0.29, 0.717) is 25.2 Å². The Morgan fingerprint density at radius 2 is 1.78 bits per heavy atom. The van der Waals surface area contributed by atoms with Gasteiger partial charge in [-0.1, -0.05) is 12.1 Å². The third kappa shape index (κ3) is 4.53. The van der Waals surface area contributed by atoms with Gasteiger partial charge in [-0.25, -0.2) is 18.4 Å². The highest BCUT2D eigenvalue weighted by molar-refractivity contribution is 7.88. The third-order valence-corrected chi connectivity index (χ3v) is 9.30. The fraction of sp³-hybridized carbons (Fsp3) is 0.500. The lowest BCUT2D eigenvalue weighted by atomic mass is 9.89. The molecule has 0 radical (unpaired) electrons.